The van der Waals surface area contributed by atoms with E-state index in [4.69, 9.17) is 24.9 Å². The number of para-hydroxylation sites is 7. The van der Waals surface area contributed by atoms with Gasteiger partial charge in [0.2, 0.25) is 0 Å². The third kappa shape index (κ3) is 13.6. The van der Waals surface area contributed by atoms with Crippen LogP contribution in [0.1, 0.15) is 12.6 Å². The summed E-state index contributed by atoms with van der Waals surface area (Å²) in [5, 5.41) is 18.5. The number of aryl methyl sites for hydroxylation is 1. The van der Waals surface area contributed by atoms with E-state index in [1.54, 1.807) is 12.4 Å². The summed E-state index contributed by atoms with van der Waals surface area (Å²) in [6.07, 6.45) is 6.42. The van der Waals surface area contributed by atoms with Crippen LogP contribution in [0.15, 0.2) is 443 Å². The molecule has 15 aromatic heterocycles. The highest BCUT2D eigenvalue weighted by molar-refractivity contribution is 7.27. The van der Waals surface area contributed by atoms with Crippen molar-refractivity contribution in [1.82, 2.24) is 58.1 Å². The molecular formula is C124H78N12S3. The Hall–Kier alpha value is -17.6. The molecule has 0 aliphatic rings. The van der Waals surface area contributed by atoms with Crippen LogP contribution < -0.4 is 0 Å². The Balaban J connectivity index is 0.000000105. The fourth-order valence-corrected chi connectivity index (χ4v) is 24.8. The molecular weight excluding hydrogens is 1750 g/mol. The molecule has 0 amide bonds. The summed E-state index contributed by atoms with van der Waals surface area (Å²) in [7, 11) is 0. The fourth-order valence-electron chi connectivity index (χ4n) is 20.7. The molecule has 0 aliphatic carbocycles. The van der Waals surface area contributed by atoms with Crippen molar-refractivity contribution in [3.8, 4) is 102 Å². The van der Waals surface area contributed by atoms with Gasteiger partial charge in [-0.25, -0.2) is 24.9 Å². The van der Waals surface area contributed by atoms with Crippen molar-refractivity contribution < 1.29 is 0 Å². The monoisotopic (exact) mass is 1830 g/mol. The van der Waals surface area contributed by atoms with Gasteiger partial charge in [-0.2, -0.15) is 0 Å². The Morgan fingerprint density at radius 1 is 0.216 bits per heavy atom. The summed E-state index contributed by atoms with van der Waals surface area (Å²) >= 11 is 5.50. The molecule has 14 aromatic carbocycles. The van der Waals surface area contributed by atoms with E-state index in [-0.39, 0.29) is 0 Å². The Morgan fingerprint density at radius 2 is 0.568 bits per heavy atom. The fraction of sp³-hybridized carbons (Fsp3) is 0.0161. The predicted molar refractivity (Wildman–Crippen MR) is 583 cm³/mol. The van der Waals surface area contributed by atoms with Gasteiger partial charge >= 0.3 is 0 Å². The van der Waals surface area contributed by atoms with Crippen LogP contribution in [0, 0.1) is 0 Å². The van der Waals surface area contributed by atoms with Gasteiger partial charge in [0, 0.05) is 150 Å². The number of nitrogens with zero attached hydrogens (tertiary/aromatic N) is 12. The van der Waals surface area contributed by atoms with Gasteiger partial charge in [-0.15, -0.1) is 34.0 Å². The maximum atomic E-state index is 5.22. The van der Waals surface area contributed by atoms with Crippen molar-refractivity contribution in [1.29, 1.82) is 0 Å². The van der Waals surface area contributed by atoms with Gasteiger partial charge in [0.15, 0.2) is 0 Å². The number of benzene rings is 14. The minimum atomic E-state index is 0.811. The second kappa shape index (κ2) is 33.5. The van der Waals surface area contributed by atoms with Crippen molar-refractivity contribution in [3.63, 3.8) is 0 Å². The SMILES string of the molecule is CCc1cc2ccccc2n1-c1ccc(-n2c3ccccc3c3c4c(sc32)c(-c2ccccc2)nc2ccccc24)cc1.c1ccc(-c2nc3ccccc3c3c2sc2c3c3ccccc3n2-c2ccc(-c3cc(-c4ccccn4)nc(-c4ccccn4)c3)cc2)cc1.c1ccc(-c2nc3ccccc3c3c2sc2c3c3ccccc3n2-c2ccc(-c3ccc4ccc5cccnc5c4n3)cc2)cc1. The summed E-state index contributed by atoms with van der Waals surface area (Å²) in [4.78, 5) is 43.2. The van der Waals surface area contributed by atoms with E-state index in [9.17, 15) is 0 Å². The number of hydrogen-bond acceptors (Lipinski definition) is 11. The lowest BCUT2D eigenvalue weighted by atomic mass is 10.0. The van der Waals surface area contributed by atoms with Crippen molar-refractivity contribution in [3.05, 3.63) is 449 Å². The molecule has 0 aliphatic heterocycles. The topological polar surface area (TPSA) is 123 Å². The van der Waals surface area contributed by atoms with E-state index in [2.05, 4.69) is 422 Å². The van der Waals surface area contributed by atoms with Crippen LogP contribution in [-0.4, -0.2) is 58.1 Å². The number of thiophene rings is 3. The standard InChI is InChI=1S/C44H27N5S.C41H24N4S.C39H27N3S/c1-2-12-29(13-3-1)42-43-40(32-14-4-6-16-34(32)48-42)41-33-15-5-7-19-39(33)49(44(41)50-43)31-22-20-28(21-23-31)30-26-37(35-17-8-10-24-45-35)47-38(27-30)36-18-9-11-25-46-36;1-2-9-26(10-3-1)39-40-35(30-12-4-6-14-33(30)44-39)36-31-13-5-7-15-34(31)45(41(36)46-40)29-21-18-25(19-22-29)32-23-20-28-17-16-27-11-8-24-42-37(27)38(28)43-32;1-2-27-24-26-14-6-10-18-33(26)41(27)28-20-22-29(23-21-28)42-34-19-11-8-16-31(34)36-35-30-15-7-9-17-32(30)40-37(38(35)43-39(36)42)25-12-4-3-5-13-25/h1-27H;1-24H;3-24H,2H2,1H3. The van der Waals surface area contributed by atoms with Crippen LogP contribution >= 0.6 is 34.0 Å². The van der Waals surface area contributed by atoms with E-state index in [0.717, 1.165) is 141 Å². The Morgan fingerprint density at radius 3 is 1.00 bits per heavy atom. The second-order valence-corrected chi connectivity index (χ2v) is 38.0. The smallest absolute Gasteiger partial charge is 0.109 e. The first kappa shape index (κ1) is 81.0. The molecule has 15 heteroatoms. The number of hydrogen-bond donors (Lipinski definition) is 0. The molecule has 15 heterocycles. The molecule has 139 heavy (non-hydrogen) atoms. The third-order valence-corrected chi connectivity index (χ3v) is 30.6. The molecule has 0 saturated heterocycles. The van der Waals surface area contributed by atoms with Crippen LogP contribution in [-0.2, 0) is 6.42 Å². The van der Waals surface area contributed by atoms with Crippen LogP contribution in [0.25, 0.3) is 261 Å². The highest BCUT2D eigenvalue weighted by Crippen LogP contribution is 2.53. The molecule has 652 valence electrons. The quantitative estimate of drug-likeness (QED) is 0.111. The molecule has 0 N–H and O–H groups in total. The molecule has 29 aromatic rings. The van der Waals surface area contributed by atoms with Gasteiger partial charge in [0.25, 0.3) is 0 Å². The van der Waals surface area contributed by atoms with Gasteiger partial charge < -0.3 is 18.3 Å². The number of pyridine rings is 8. The first-order valence-electron chi connectivity index (χ1n) is 46.7. The normalized spacial score (nSPS) is 11.8. The van der Waals surface area contributed by atoms with Gasteiger partial charge in [0.05, 0.1) is 109 Å². The minimum absolute atomic E-state index is 0.811. The van der Waals surface area contributed by atoms with Crippen molar-refractivity contribution in [2.45, 2.75) is 13.3 Å². The van der Waals surface area contributed by atoms with E-state index < -0.39 is 0 Å². The molecule has 0 bridgehead atoms. The number of fused-ring (bicyclic) bond motifs is 25. The van der Waals surface area contributed by atoms with Crippen molar-refractivity contribution in [2.24, 2.45) is 0 Å². The Bertz CT molecular complexity index is 9860. The lowest BCUT2D eigenvalue weighted by Crippen LogP contribution is -2.00. The minimum Gasteiger partial charge on any atom is -0.314 e. The zero-order valence-corrected chi connectivity index (χ0v) is 77.4. The van der Waals surface area contributed by atoms with Crippen molar-refractivity contribution in [2.75, 3.05) is 0 Å². The first-order valence-corrected chi connectivity index (χ1v) is 49.2. The van der Waals surface area contributed by atoms with Crippen LogP contribution in [0.3, 0.4) is 0 Å². The summed E-state index contributed by atoms with van der Waals surface area (Å²) < 4.78 is 13.3. The maximum Gasteiger partial charge on any atom is 0.109 e. The van der Waals surface area contributed by atoms with Gasteiger partial charge in [0.1, 0.15) is 14.5 Å². The molecule has 0 unspecified atom stereocenters. The van der Waals surface area contributed by atoms with Crippen LogP contribution in [0.4, 0.5) is 0 Å². The van der Waals surface area contributed by atoms with E-state index in [1.165, 1.54) is 132 Å². The highest BCUT2D eigenvalue weighted by atomic mass is 32.1. The molecule has 29 rings (SSSR count). The average molecular weight is 1830 g/mol. The van der Waals surface area contributed by atoms with Gasteiger partial charge in [-0.1, -0.05) is 286 Å². The molecule has 0 radical (unpaired) electrons. The molecule has 12 nitrogen and oxygen atoms in total. The summed E-state index contributed by atoms with van der Waals surface area (Å²) in [6.45, 7) is 2.23. The van der Waals surface area contributed by atoms with Crippen molar-refractivity contribution >= 4 is 193 Å². The summed E-state index contributed by atoms with van der Waals surface area (Å²) in [6, 6.07) is 150. The summed E-state index contributed by atoms with van der Waals surface area (Å²) in [5.74, 6) is 0. The summed E-state index contributed by atoms with van der Waals surface area (Å²) in [5.41, 5.74) is 29.6. The van der Waals surface area contributed by atoms with E-state index >= 15 is 0 Å². The number of rotatable bonds is 12. The molecule has 0 saturated carbocycles. The number of aromatic nitrogens is 12. The average Bonchev–Trinajstić information content (AvgIpc) is 1.55. The first-order chi connectivity index (χ1) is 68.9. The lowest BCUT2D eigenvalue weighted by Gasteiger charge is -2.12. The third-order valence-electron chi connectivity index (χ3n) is 27.0. The Kier molecular flexibility index (Phi) is 19.5. The van der Waals surface area contributed by atoms with E-state index in [0.29, 0.717) is 0 Å². The highest BCUT2D eigenvalue weighted by Gasteiger charge is 2.28. The van der Waals surface area contributed by atoms with Gasteiger partial charge in [-0.3, -0.25) is 15.0 Å². The largest absolute Gasteiger partial charge is 0.314 e. The Labute approximate surface area is 808 Å². The zero-order valence-electron chi connectivity index (χ0n) is 74.9. The maximum absolute atomic E-state index is 5.22. The van der Waals surface area contributed by atoms with Crippen LogP contribution in [0.5, 0.6) is 0 Å². The van der Waals surface area contributed by atoms with Crippen LogP contribution in [0.2, 0.25) is 0 Å². The lowest BCUT2D eigenvalue weighted by molar-refractivity contribution is 0.959. The zero-order chi connectivity index (χ0) is 91.7. The van der Waals surface area contributed by atoms with Gasteiger partial charge in [-0.05, 0) is 163 Å². The molecule has 0 fully saturated rings. The molecule has 0 spiro atoms. The molecule has 0 atom stereocenters. The predicted octanol–water partition coefficient (Wildman–Crippen LogP) is 33.1. The van der Waals surface area contributed by atoms with E-state index in [1.807, 2.05) is 82.7 Å². The second-order valence-electron chi connectivity index (χ2n) is 35.0.